The Kier molecular flexibility index (Phi) is 3.43. The topological polar surface area (TPSA) is 3.24 Å². The molecule has 0 amide bonds. The van der Waals surface area contributed by atoms with Crippen LogP contribution in [-0.4, -0.2) is 25.5 Å². The Hall–Kier alpha value is -0.820. The molecule has 0 saturated heterocycles. The molecule has 0 aliphatic heterocycles. The average molecular weight is 243 g/mol. The van der Waals surface area contributed by atoms with E-state index in [4.69, 9.17) is 0 Å². The van der Waals surface area contributed by atoms with Gasteiger partial charge in [-0.05, 0) is 99.8 Å². The quantitative estimate of drug-likeness (QED) is 0.785. The number of hydrogen-bond acceptors (Lipinski definition) is 1. The summed E-state index contributed by atoms with van der Waals surface area (Å²) in [6.07, 6.45) is 10.8. The molecule has 2 aliphatic rings. The maximum Gasteiger partial charge on any atom is -0.00217 e. The van der Waals surface area contributed by atoms with Crippen LogP contribution in [0.1, 0.15) is 47.1 Å². The van der Waals surface area contributed by atoms with Gasteiger partial charge in [0.25, 0.3) is 0 Å². The molecule has 0 aromatic heterocycles. The van der Waals surface area contributed by atoms with Gasteiger partial charge in [0.1, 0.15) is 0 Å². The van der Waals surface area contributed by atoms with Crippen molar-refractivity contribution >= 4 is 0 Å². The van der Waals surface area contributed by atoms with Crippen molar-refractivity contribution < 1.29 is 0 Å². The summed E-state index contributed by atoms with van der Waals surface area (Å²) in [6, 6.07) is 2.54. The summed E-state index contributed by atoms with van der Waals surface area (Å²) in [5.41, 5.74) is 8.63. The van der Waals surface area contributed by atoms with Crippen LogP contribution in [0.25, 0.3) is 0 Å². The second-order valence-electron chi connectivity index (χ2n) is 6.24. The van der Waals surface area contributed by atoms with E-state index in [2.05, 4.69) is 25.1 Å². The van der Waals surface area contributed by atoms with Crippen LogP contribution in [0.15, 0.2) is 6.07 Å². The number of nitrogens with zero attached hydrogens (tertiary/aromatic N) is 1. The molecule has 2 aliphatic carbocycles. The lowest BCUT2D eigenvalue weighted by Gasteiger charge is -2.16. The Labute approximate surface area is 111 Å². The molecule has 1 heteroatoms. The van der Waals surface area contributed by atoms with Gasteiger partial charge in [-0.25, -0.2) is 0 Å². The Morgan fingerprint density at radius 2 is 1.56 bits per heavy atom. The maximum absolute atomic E-state index is 2.54. The summed E-state index contributed by atoms with van der Waals surface area (Å²) in [4.78, 5) is 2.31. The third kappa shape index (κ3) is 2.21. The van der Waals surface area contributed by atoms with E-state index in [1.54, 1.807) is 27.8 Å². The Balaban J connectivity index is 1.87. The first kappa shape index (κ1) is 12.2. The highest BCUT2D eigenvalue weighted by Crippen LogP contribution is 2.35. The van der Waals surface area contributed by atoms with Crippen molar-refractivity contribution in [1.82, 2.24) is 4.90 Å². The van der Waals surface area contributed by atoms with E-state index >= 15 is 0 Å². The van der Waals surface area contributed by atoms with Crippen molar-refractivity contribution in [3.63, 3.8) is 0 Å². The molecule has 98 valence electrons. The monoisotopic (exact) mass is 243 g/mol. The molecular formula is C17H25N. The Morgan fingerprint density at radius 1 is 0.944 bits per heavy atom. The minimum Gasteiger partial charge on any atom is -0.309 e. The van der Waals surface area contributed by atoms with Gasteiger partial charge in [-0.15, -0.1) is 0 Å². The molecule has 18 heavy (non-hydrogen) atoms. The highest BCUT2D eigenvalue weighted by atomic mass is 15.0. The van der Waals surface area contributed by atoms with Crippen LogP contribution in [0.3, 0.4) is 0 Å². The molecule has 1 aromatic carbocycles. The van der Waals surface area contributed by atoms with Gasteiger partial charge in [0.05, 0.1) is 0 Å². The number of benzene rings is 1. The zero-order chi connectivity index (χ0) is 12.5. The molecule has 1 aromatic rings. The molecule has 0 unspecified atom stereocenters. The molecule has 0 saturated carbocycles. The molecule has 0 heterocycles. The third-order valence-electron chi connectivity index (χ3n) is 4.63. The van der Waals surface area contributed by atoms with Gasteiger partial charge in [-0.3, -0.25) is 0 Å². The molecule has 0 bridgehead atoms. The second kappa shape index (κ2) is 5.05. The van der Waals surface area contributed by atoms with E-state index in [1.807, 2.05) is 0 Å². The average Bonchev–Trinajstić information content (AvgIpc) is 2.95. The van der Waals surface area contributed by atoms with E-state index in [0.29, 0.717) is 0 Å². The van der Waals surface area contributed by atoms with Crippen LogP contribution in [0.5, 0.6) is 0 Å². The molecule has 0 atom stereocenters. The molecule has 1 nitrogen and oxygen atoms in total. The minimum absolute atomic E-state index is 1.22. The smallest absolute Gasteiger partial charge is 0.00217 e. The van der Waals surface area contributed by atoms with Crippen LogP contribution in [0, 0.1) is 0 Å². The van der Waals surface area contributed by atoms with Crippen LogP contribution in [0.2, 0.25) is 0 Å². The van der Waals surface area contributed by atoms with E-state index in [0.717, 1.165) is 0 Å². The van der Waals surface area contributed by atoms with Crippen molar-refractivity contribution in [3.8, 4) is 0 Å². The van der Waals surface area contributed by atoms with E-state index < -0.39 is 0 Å². The molecule has 0 fully saturated rings. The van der Waals surface area contributed by atoms with E-state index in [-0.39, 0.29) is 0 Å². The van der Waals surface area contributed by atoms with Crippen LogP contribution in [-0.2, 0) is 32.1 Å². The fourth-order valence-electron chi connectivity index (χ4n) is 3.81. The summed E-state index contributed by atoms with van der Waals surface area (Å²) in [6.45, 7) is 1.22. The van der Waals surface area contributed by atoms with Gasteiger partial charge in [-0.1, -0.05) is 6.07 Å². The van der Waals surface area contributed by atoms with Crippen LogP contribution < -0.4 is 0 Å². The van der Waals surface area contributed by atoms with Crippen molar-refractivity contribution in [3.05, 3.63) is 33.9 Å². The first-order valence-corrected chi connectivity index (χ1v) is 7.56. The van der Waals surface area contributed by atoms with Gasteiger partial charge in [0.15, 0.2) is 0 Å². The lowest BCUT2D eigenvalue weighted by atomic mass is 9.91. The highest BCUT2D eigenvalue weighted by Gasteiger charge is 2.23. The fourth-order valence-corrected chi connectivity index (χ4v) is 3.81. The van der Waals surface area contributed by atoms with Crippen molar-refractivity contribution in [2.24, 2.45) is 0 Å². The number of hydrogen-bond donors (Lipinski definition) is 0. The van der Waals surface area contributed by atoms with Gasteiger partial charge in [-0.2, -0.15) is 0 Å². The predicted molar refractivity (Wildman–Crippen MR) is 77.4 cm³/mol. The Morgan fingerprint density at radius 3 is 2.11 bits per heavy atom. The third-order valence-corrected chi connectivity index (χ3v) is 4.63. The lowest BCUT2D eigenvalue weighted by molar-refractivity contribution is 0.400. The SMILES string of the molecule is CN(C)CCCc1c2c(cc3c1CCC3)CCC2. The van der Waals surface area contributed by atoms with Crippen LogP contribution >= 0.6 is 0 Å². The number of fused-ring (bicyclic) bond motifs is 2. The molecular weight excluding hydrogens is 218 g/mol. The Bertz CT molecular complexity index is 413. The molecule has 3 rings (SSSR count). The summed E-state index contributed by atoms with van der Waals surface area (Å²) in [5.74, 6) is 0. The second-order valence-corrected chi connectivity index (χ2v) is 6.24. The van der Waals surface area contributed by atoms with Crippen LogP contribution in [0.4, 0.5) is 0 Å². The summed E-state index contributed by atoms with van der Waals surface area (Å²) in [7, 11) is 4.36. The zero-order valence-electron chi connectivity index (χ0n) is 11.9. The van der Waals surface area contributed by atoms with Gasteiger partial charge in [0, 0.05) is 0 Å². The first-order valence-electron chi connectivity index (χ1n) is 7.56. The predicted octanol–water partition coefficient (Wildman–Crippen LogP) is 3.16. The van der Waals surface area contributed by atoms with Gasteiger partial charge in [0.2, 0.25) is 0 Å². The molecule has 0 spiro atoms. The zero-order valence-corrected chi connectivity index (χ0v) is 11.9. The van der Waals surface area contributed by atoms with E-state index in [9.17, 15) is 0 Å². The first-order chi connectivity index (χ1) is 8.75. The van der Waals surface area contributed by atoms with E-state index in [1.165, 1.54) is 57.9 Å². The minimum atomic E-state index is 1.22. The largest absolute Gasteiger partial charge is 0.309 e. The lowest BCUT2D eigenvalue weighted by Crippen LogP contribution is -2.14. The highest BCUT2D eigenvalue weighted by molar-refractivity contribution is 5.50. The van der Waals surface area contributed by atoms with Crippen molar-refractivity contribution in [1.29, 1.82) is 0 Å². The van der Waals surface area contributed by atoms with Crippen molar-refractivity contribution in [2.75, 3.05) is 20.6 Å². The van der Waals surface area contributed by atoms with Gasteiger partial charge >= 0.3 is 0 Å². The fraction of sp³-hybridized carbons (Fsp3) is 0.647. The summed E-state index contributed by atoms with van der Waals surface area (Å²) < 4.78 is 0. The number of aryl methyl sites for hydroxylation is 2. The molecule has 0 N–H and O–H groups in total. The van der Waals surface area contributed by atoms with Gasteiger partial charge < -0.3 is 4.90 Å². The normalized spacial score (nSPS) is 17.3. The van der Waals surface area contributed by atoms with Crippen molar-refractivity contribution in [2.45, 2.75) is 51.4 Å². The standard InChI is InChI=1S/C17H25N/c1-18(2)11-5-10-17-15-8-3-6-13(15)12-14-7-4-9-16(14)17/h12H,3-11H2,1-2H3. The maximum atomic E-state index is 2.54. The molecule has 0 radical (unpaired) electrons. The summed E-state index contributed by atoms with van der Waals surface area (Å²) >= 11 is 0. The summed E-state index contributed by atoms with van der Waals surface area (Å²) in [5, 5.41) is 0. The number of rotatable bonds is 4.